The van der Waals surface area contributed by atoms with Crippen molar-refractivity contribution in [3.8, 4) is 11.4 Å². The van der Waals surface area contributed by atoms with Gasteiger partial charge in [0.15, 0.2) is 0 Å². The van der Waals surface area contributed by atoms with Crippen LogP contribution in [-0.4, -0.2) is 14.4 Å². The van der Waals surface area contributed by atoms with Gasteiger partial charge in [-0.25, -0.2) is 9.97 Å². The van der Waals surface area contributed by atoms with E-state index in [0.717, 1.165) is 39.0 Å². The van der Waals surface area contributed by atoms with Crippen molar-refractivity contribution in [3.63, 3.8) is 0 Å². The van der Waals surface area contributed by atoms with Gasteiger partial charge < -0.3 is 0 Å². The lowest BCUT2D eigenvalue weighted by molar-refractivity contribution is 1.16. The number of fused-ring (bicyclic) bond motifs is 5. The van der Waals surface area contributed by atoms with Crippen molar-refractivity contribution in [3.05, 3.63) is 75.3 Å². The highest BCUT2D eigenvalue weighted by Crippen LogP contribution is 2.30. The third kappa shape index (κ3) is 2.40. The Kier molecular flexibility index (Phi) is 3.43. The molecule has 0 radical (unpaired) electrons. The Morgan fingerprint density at radius 1 is 0.840 bits per heavy atom. The molecule has 5 aromatic rings. The summed E-state index contributed by atoms with van der Waals surface area (Å²) in [4.78, 5) is 9.83. The fourth-order valence-electron chi connectivity index (χ4n) is 3.16. The third-order valence-corrected chi connectivity index (χ3v) is 5.22. The molecule has 0 aliphatic heterocycles. The lowest BCUT2D eigenvalue weighted by atomic mass is 10.2. The number of nitrogens with zero attached hydrogens (tertiary/aromatic N) is 3. The van der Waals surface area contributed by atoms with E-state index in [1.54, 1.807) is 0 Å². The Bertz CT molecular complexity index is 1260. The number of halogens is 2. The molecule has 2 aromatic heterocycles. The highest BCUT2D eigenvalue weighted by molar-refractivity contribution is 14.1. The quantitative estimate of drug-likeness (QED) is 0.292. The molecular formula is C20H11ClIN3. The van der Waals surface area contributed by atoms with E-state index in [0.29, 0.717) is 5.02 Å². The summed E-state index contributed by atoms with van der Waals surface area (Å²) >= 11 is 8.39. The molecule has 0 spiro atoms. The van der Waals surface area contributed by atoms with Crippen LogP contribution in [0.15, 0.2) is 66.7 Å². The number of benzene rings is 3. The lowest BCUT2D eigenvalue weighted by Crippen LogP contribution is -1.98. The summed E-state index contributed by atoms with van der Waals surface area (Å²) in [5, 5.41) is 1.77. The lowest BCUT2D eigenvalue weighted by Gasteiger charge is -2.09. The van der Waals surface area contributed by atoms with Gasteiger partial charge in [-0.15, -0.1) is 0 Å². The zero-order valence-corrected chi connectivity index (χ0v) is 15.9. The molecule has 0 bridgehead atoms. The number of imidazole rings is 1. The molecule has 0 amide bonds. The van der Waals surface area contributed by atoms with E-state index in [4.69, 9.17) is 21.6 Å². The molecule has 5 heteroatoms. The Morgan fingerprint density at radius 2 is 1.64 bits per heavy atom. The van der Waals surface area contributed by atoms with Gasteiger partial charge >= 0.3 is 0 Å². The molecule has 3 nitrogen and oxygen atoms in total. The molecule has 0 fully saturated rings. The molecule has 0 aliphatic carbocycles. The maximum atomic E-state index is 6.06. The first-order chi connectivity index (χ1) is 12.2. The van der Waals surface area contributed by atoms with Crippen molar-refractivity contribution >= 4 is 61.8 Å². The predicted molar refractivity (Wildman–Crippen MR) is 111 cm³/mol. The van der Waals surface area contributed by atoms with Crippen LogP contribution in [0.5, 0.6) is 0 Å². The highest BCUT2D eigenvalue weighted by Gasteiger charge is 2.15. The Morgan fingerprint density at radius 3 is 2.48 bits per heavy atom. The SMILES string of the molecule is Clc1ccc(-c2nc3ccc(I)cc3c3nc4ccccc4n23)cc1. The van der Waals surface area contributed by atoms with Gasteiger partial charge in [0.05, 0.1) is 16.6 Å². The summed E-state index contributed by atoms with van der Waals surface area (Å²) in [5.74, 6) is 0.870. The third-order valence-electron chi connectivity index (χ3n) is 4.30. The maximum Gasteiger partial charge on any atom is 0.149 e. The normalized spacial score (nSPS) is 11.6. The van der Waals surface area contributed by atoms with Gasteiger partial charge in [-0.1, -0.05) is 23.7 Å². The smallest absolute Gasteiger partial charge is 0.149 e. The fourth-order valence-corrected chi connectivity index (χ4v) is 3.78. The second-order valence-electron chi connectivity index (χ2n) is 5.86. The van der Waals surface area contributed by atoms with E-state index in [2.05, 4.69) is 51.3 Å². The topological polar surface area (TPSA) is 30.2 Å². The van der Waals surface area contributed by atoms with Crippen molar-refractivity contribution in [2.75, 3.05) is 0 Å². The molecule has 0 N–H and O–H groups in total. The first-order valence-electron chi connectivity index (χ1n) is 7.83. The molecule has 3 aromatic carbocycles. The Balaban J connectivity index is 2.01. The van der Waals surface area contributed by atoms with Crippen molar-refractivity contribution in [1.29, 1.82) is 0 Å². The molecular weight excluding hydrogens is 445 g/mol. The largest absolute Gasteiger partial charge is 0.276 e. The second-order valence-corrected chi connectivity index (χ2v) is 7.55. The number of aromatic nitrogens is 3. The van der Waals surface area contributed by atoms with E-state index in [1.807, 2.05) is 42.5 Å². The van der Waals surface area contributed by atoms with Gasteiger partial charge in [-0.3, -0.25) is 4.40 Å². The van der Waals surface area contributed by atoms with Crippen LogP contribution in [-0.2, 0) is 0 Å². The standard InChI is InChI=1S/C20H11ClIN3/c21-13-7-5-12(6-8-13)19-23-16-10-9-14(22)11-15(16)20-24-17-3-1-2-4-18(17)25(19)20/h1-11H. The van der Waals surface area contributed by atoms with Crippen LogP contribution < -0.4 is 0 Å². The van der Waals surface area contributed by atoms with Crippen LogP contribution >= 0.6 is 34.2 Å². The van der Waals surface area contributed by atoms with E-state index in [1.165, 1.54) is 3.57 Å². The molecule has 25 heavy (non-hydrogen) atoms. The van der Waals surface area contributed by atoms with Crippen molar-refractivity contribution < 1.29 is 0 Å². The fraction of sp³-hybridized carbons (Fsp3) is 0. The van der Waals surface area contributed by atoms with E-state index in [-0.39, 0.29) is 0 Å². The number of hydrogen-bond donors (Lipinski definition) is 0. The van der Waals surface area contributed by atoms with Gasteiger partial charge in [0, 0.05) is 19.5 Å². The molecule has 0 aliphatic rings. The number of para-hydroxylation sites is 2. The van der Waals surface area contributed by atoms with Gasteiger partial charge in [0.25, 0.3) is 0 Å². The minimum Gasteiger partial charge on any atom is -0.276 e. The molecule has 0 atom stereocenters. The van der Waals surface area contributed by atoms with Crippen LogP contribution in [0, 0.1) is 3.57 Å². The molecule has 5 rings (SSSR count). The number of rotatable bonds is 1. The van der Waals surface area contributed by atoms with Crippen molar-refractivity contribution in [1.82, 2.24) is 14.4 Å². The Hall–Kier alpha value is -2.18. The van der Waals surface area contributed by atoms with Gasteiger partial charge in [0.2, 0.25) is 0 Å². The summed E-state index contributed by atoms with van der Waals surface area (Å²) in [6.45, 7) is 0. The molecule has 0 unspecified atom stereocenters. The summed E-state index contributed by atoms with van der Waals surface area (Å²) in [6, 6.07) is 22.2. The minimum absolute atomic E-state index is 0.714. The van der Waals surface area contributed by atoms with Crippen molar-refractivity contribution in [2.45, 2.75) is 0 Å². The first-order valence-corrected chi connectivity index (χ1v) is 9.29. The Labute approximate surface area is 162 Å². The van der Waals surface area contributed by atoms with Crippen LogP contribution in [0.3, 0.4) is 0 Å². The average molecular weight is 456 g/mol. The van der Waals surface area contributed by atoms with Gasteiger partial charge in [-0.05, 0) is 77.2 Å². The zero-order chi connectivity index (χ0) is 17.0. The number of hydrogen-bond acceptors (Lipinski definition) is 2. The minimum atomic E-state index is 0.714. The molecule has 0 saturated carbocycles. The van der Waals surface area contributed by atoms with E-state index >= 15 is 0 Å². The maximum absolute atomic E-state index is 6.06. The summed E-state index contributed by atoms with van der Waals surface area (Å²) in [5.41, 5.74) is 4.89. The van der Waals surface area contributed by atoms with E-state index in [9.17, 15) is 0 Å². The van der Waals surface area contributed by atoms with Gasteiger partial charge in [0.1, 0.15) is 11.5 Å². The van der Waals surface area contributed by atoms with E-state index < -0.39 is 0 Å². The summed E-state index contributed by atoms with van der Waals surface area (Å²) < 4.78 is 3.30. The molecule has 120 valence electrons. The first kappa shape index (κ1) is 15.1. The van der Waals surface area contributed by atoms with Crippen molar-refractivity contribution in [2.24, 2.45) is 0 Å². The van der Waals surface area contributed by atoms with Crippen LogP contribution in [0.25, 0.3) is 39.0 Å². The van der Waals surface area contributed by atoms with Gasteiger partial charge in [-0.2, -0.15) is 0 Å². The van der Waals surface area contributed by atoms with Crippen LogP contribution in [0.4, 0.5) is 0 Å². The molecule has 2 heterocycles. The second kappa shape index (κ2) is 5.68. The molecule has 0 saturated heterocycles. The summed E-state index contributed by atoms with van der Waals surface area (Å²) in [6.07, 6.45) is 0. The monoisotopic (exact) mass is 455 g/mol. The summed E-state index contributed by atoms with van der Waals surface area (Å²) in [7, 11) is 0. The van der Waals surface area contributed by atoms with Crippen LogP contribution in [0.2, 0.25) is 5.02 Å². The predicted octanol–water partition coefficient (Wildman–Crippen LogP) is 5.96. The average Bonchev–Trinajstić information content (AvgIpc) is 3.02. The highest BCUT2D eigenvalue weighted by atomic mass is 127. The zero-order valence-electron chi connectivity index (χ0n) is 12.9. The van der Waals surface area contributed by atoms with Crippen LogP contribution in [0.1, 0.15) is 0 Å².